The molecule has 0 aliphatic carbocycles. The number of aromatic nitrogens is 1. The van der Waals surface area contributed by atoms with E-state index in [1.54, 1.807) is 10.4 Å². The number of aromatic amines is 1. The van der Waals surface area contributed by atoms with E-state index in [0.29, 0.717) is 23.2 Å². The average molecular weight is 389 g/mol. The van der Waals surface area contributed by atoms with Crippen LogP contribution in [0.15, 0.2) is 40.6 Å². The Labute approximate surface area is 158 Å². The van der Waals surface area contributed by atoms with Crippen LogP contribution in [0.25, 0.3) is 10.9 Å². The molecule has 4 nitrogen and oxygen atoms in total. The van der Waals surface area contributed by atoms with Gasteiger partial charge in [0, 0.05) is 34.6 Å². The topological polar surface area (TPSA) is 53.2 Å². The van der Waals surface area contributed by atoms with E-state index in [2.05, 4.69) is 37.0 Å². The second-order valence-electron chi connectivity index (χ2n) is 6.96. The normalized spacial score (nSPS) is 17.2. The molecule has 1 saturated heterocycles. The maximum Gasteiger partial charge on any atom is 0.252 e. The Kier molecular flexibility index (Phi) is 4.67. The van der Waals surface area contributed by atoms with Crippen LogP contribution in [0.1, 0.15) is 41.8 Å². The molecule has 0 atom stereocenters. The second kappa shape index (κ2) is 6.83. The molecule has 1 aromatic carbocycles. The van der Waals surface area contributed by atoms with Crippen LogP contribution in [0.3, 0.4) is 0 Å². The molecule has 0 saturated carbocycles. The summed E-state index contributed by atoms with van der Waals surface area (Å²) in [6, 6.07) is 12.1. The van der Waals surface area contributed by atoms with Gasteiger partial charge in [-0.15, -0.1) is 11.3 Å². The maximum atomic E-state index is 12.9. The Bertz CT molecular complexity index is 1030. The third-order valence-corrected chi connectivity index (χ3v) is 8.98. The molecule has 6 heteroatoms. The van der Waals surface area contributed by atoms with E-state index in [-0.39, 0.29) is 0 Å². The summed E-state index contributed by atoms with van der Waals surface area (Å²) in [6.07, 6.45) is 2.62. The molecule has 0 amide bonds. The number of hydrogen-bond donors (Lipinski definition) is 1. The van der Waals surface area contributed by atoms with Crippen LogP contribution in [0.2, 0.25) is 0 Å². The van der Waals surface area contributed by atoms with Gasteiger partial charge in [-0.1, -0.05) is 25.1 Å². The molecule has 3 aromatic rings. The highest BCUT2D eigenvalue weighted by molar-refractivity contribution is 7.91. The lowest BCUT2D eigenvalue weighted by Gasteiger charge is -2.31. The van der Waals surface area contributed by atoms with E-state index < -0.39 is 10.0 Å². The van der Waals surface area contributed by atoms with Crippen molar-refractivity contribution in [3.8, 4) is 0 Å². The number of nitrogens with zero attached hydrogens (tertiary/aromatic N) is 1. The molecule has 2 aromatic heterocycles. The molecule has 26 heavy (non-hydrogen) atoms. The molecular formula is C20H24N2O2S2. The second-order valence-corrected chi connectivity index (χ2v) is 10.3. The maximum absolute atomic E-state index is 12.9. The fourth-order valence-electron chi connectivity index (χ4n) is 4.02. The number of para-hydroxylation sites is 1. The van der Waals surface area contributed by atoms with Crippen LogP contribution in [-0.2, 0) is 16.4 Å². The molecule has 0 spiro atoms. The highest BCUT2D eigenvalue weighted by atomic mass is 32.2. The van der Waals surface area contributed by atoms with Crippen LogP contribution in [0.5, 0.6) is 0 Å². The van der Waals surface area contributed by atoms with Crippen molar-refractivity contribution in [3.05, 3.63) is 52.5 Å². The van der Waals surface area contributed by atoms with Crippen molar-refractivity contribution >= 4 is 32.3 Å². The first-order chi connectivity index (χ1) is 12.5. The van der Waals surface area contributed by atoms with Gasteiger partial charge in [-0.3, -0.25) is 0 Å². The monoisotopic (exact) mass is 388 g/mol. The van der Waals surface area contributed by atoms with Crippen molar-refractivity contribution in [2.75, 3.05) is 13.1 Å². The van der Waals surface area contributed by atoms with Gasteiger partial charge in [0.15, 0.2) is 0 Å². The predicted octanol–water partition coefficient (Wildman–Crippen LogP) is 4.67. The van der Waals surface area contributed by atoms with Crippen molar-refractivity contribution in [2.24, 2.45) is 0 Å². The lowest BCUT2D eigenvalue weighted by Crippen LogP contribution is -2.37. The quantitative estimate of drug-likeness (QED) is 0.706. The fraction of sp³-hybridized carbons (Fsp3) is 0.400. The molecule has 0 unspecified atom stereocenters. The van der Waals surface area contributed by atoms with E-state index in [0.717, 1.165) is 24.1 Å². The van der Waals surface area contributed by atoms with Gasteiger partial charge in [-0.05, 0) is 55.9 Å². The molecule has 1 aliphatic heterocycles. The van der Waals surface area contributed by atoms with Gasteiger partial charge in [-0.25, -0.2) is 8.42 Å². The Hall–Kier alpha value is -1.63. The molecule has 0 bridgehead atoms. The molecule has 1 fully saturated rings. The third kappa shape index (κ3) is 3.00. The van der Waals surface area contributed by atoms with Crippen molar-refractivity contribution < 1.29 is 8.42 Å². The van der Waals surface area contributed by atoms with Crippen LogP contribution >= 0.6 is 11.3 Å². The molecule has 1 N–H and O–H groups in total. The number of thiophene rings is 1. The van der Waals surface area contributed by atoms with Gasteiger partial charge < -0.3 is 4.98 Å². The fourth-order valence-corrected chi connectivity index (χ4v) is 6.94. The van der Waals surface area contributed by atoms with Gasteiger partial charge in [0.25, 0.3) is 10.0 Å². The summed E-state index contributed by atoms with van der Waals surface area (Å²) in [4.78, 5) is 4.59. The number of aryl methyl sites for hydroxylation is 2. The third-order valence-electron chi connectivity index (χ3n) is 5.39. The minimum atomic E-state index is -3.35. The zero-order chi connectivity index (χ0) is 18.3. The molecule has 0 radical (unpaired) electrons. The van der Waals surface area contributed by atoms with Crippen LogP contribution in [0, 0.1) is 6.92 Å². The number of benzene rings is 1. The van der Waals surface area contributed by atoms with Crippen LogP contribution < -0.4 is 0 Å². The smallest absolute Gasteiger partial charge is 0.252 e. The molecule has 138 valence electrons. The summed E-state index contributed by atoms with van der Waals surface area (Å²) in [6.45, 7) is 5.35. The first-order valence-corrected chi connectivity index (χ1v) is 11.4. The zero-order valence-corrected chi connectivity index (χ0v) is 16.8. The van der Waals surface area contributed by atoms with E-state index >= 15 is 0 Å². The summed E-state index contributed by atoms with van der Waals surface area (Å²) in [5.41, 5.74) is 3.74. The first-order valence-electron chi connectivity index (χ1n) is 9.16. The van der Waals surface area contributed by atoms with E-state index in [1.165, 1.54) is 33.5 Å². The standard InChI is InChI=1S/C20H24N2O2S2/c1-3-16-8-9-19(25-16)26(23,24)22-12-10-15(11-13-22)20-14(2)21-18-7-5-4-6-17(18)20/h4-9,15,21H,3,10-13H2,1-2H3. The average Bonchev–Trinajstić information content (AvgIpc) is 3.26. The minimum absolute atomic E-state index is 0.409. The number of H-pyrrole nitrogens is 1. The highest BCUT2D eigenvalue weighted by Crippen LogP contribution is 2.37. The SMILES string of the molecule is CCc1ccc(S(=O)(=O)N2CCC(c3c(C)[nH]c4ccccc34)CC2)s1. The number of nitrogens with one attached hydrogen (secondary N) is 1. The highest BCUT2D eigenvalue weighted by Gasteiger charge is 2.32. The number of piperidine rings is 1. The van der Waals surface area contributed by atoms with Gasteiger partial charge in [-0.2, -0.15) is 4.31 Å². The van der Waals surface area contributed by atoms with Crippen molar-refractivity contribution in [1.29, 1.82) is 0 Å². The van der Waals surface area contributed by atoms with Crippen LogP contribution in [0.4, 0.5) is 0 Å². The van der Waals surface area contributed by atoms with E-state index in [4.69, 9.17) is 0 Å². The zero-order valence-electron chi connectivity index (χ0n) is 15.2. The first kappa shape index (κ1) is 17.8. The number of rotatable bonds is 4. The Morgan fingerprint density at radius 2 is 1.88 bits per heavy atom. The Balaban J connectivity index is 1.54. The lowest BCUT2D eigenvalue weighted by atomic mass is 9.88. The lowest BCUT2D eigenvalue weighted by molar-refractivity contribution is 0.320. The van der Waals surface area contributed by atoms with Gasteiger partial charge in [0.1, 0.15) is 4.21 Å². The van der Waals surface area contributed by atoms with Crippen LogP contribution in [-0.4, -0.2) is 30.8 Å². The number of sulfonamides is 1. The Morgan fingerprint density at radius 3 is 2.58 bits per heavy atom. The summed E-state index contributed by atoms with van der Waals surface area (Å²) in [5.74, 6) is 0.409. The van der Waals surface area contributed by atoms with Crippen molar-refractivity contribution in [2.45, 2.75) is 43.2 Å². The van der Waals surface area contributed by atoms with Gasteiger partial charge in [0.05, 0.1) is 0 Å². The van der Waals surface area contributed by atoms with Gasteiger partial charge >= 0.3 is 0 Å². The minimum Gasteiger partial charge on any atom is -0.358 e. The van der Waals surface area contributed by atoms with Crippen molar-refractivity contribution in [1.82, 2.24) is 9.29 Å². The predicted molar refractivity (Wildman–Crippen MR) is 107 cm³/mol. The summed E-state index contributed by atoms with van der Waals surface area (Å²) in [7, 11) is -3.35. The molecule has 3 heterocycles. The van der Waals surface area contributed by atoms with E-state index in [9.17, 15) is 8.42 Å². The largest absolute Gasteiger partial charge is 0.358 e. The summed E-state index contributed by atoms with van der Waals surface area (Å²) < 4.78 is 28.0. The van der Waals surface area contributed by atoms with Gasteiger partial charge in [0.2, 0.25) is 0 Å². The molecule has 1 aliphatic rings. The Morgan fingerprint density at radius 1 is 1.15 bits per heavy atom. The molecule has 4 rings (SSSR count). The van der Waals surface area contributed by atoms with E-state index in [1.807, 2.05) is 12.1 Å². The number of hydrogen-bond acceptors (Lipinski definition) is 3. The molecular weight excluding hydrogens is 364 g/mol. The summed E-state index contributed by atoms with van der Waals surface area (Å²) >= 11 is 1.40. The van der Waals surface area contributed by atoms with Crippen molar-refractivity contribution in [3.63, 3.8) is 0 Å². The summed E-state index contributed by atoms with van der Waals surface area (Å²) in [5, 5.41) is 1.28. The number of fused-ring (bicyclic) bond motifs is 1.